The standard InChI is InChI=1S/C12H15N/c1-10(9-11(2)13-3)12-7-5-4-6-8-12/h4-8H,1,9H2,2-3H3. The van der Waals surface area contributed by atoms with Crippen LogP contribution in [0.15, 0.2) is 41.9 Å². The van der Waals surface area contributed by atoms with Gasteiger partial charge in [-0.25, -0.2) is 0 Å². The highest BCUT2D eigenvalue weighted by molar-refractivity contribution is 5.91. The smallest absolute Gasteiger partial charge is 0.0276 e. The molecule has 0 unspecified atom stereocenters. The lowest BCUT2D eigenvalue weighted by Crippen LogP contribution is -1.92. The molecule has 13 heavy (non-hydrogen) atoms. The molecule has 0 saturated heterocycles. The molecule has 0 heterocycles. The first kappa shape index (κ1) is 9.72. The van der Waals surface area contributed by atoms with Crippen LogP contribution in [0.4, 0.5) is 0 Å². The van der Waals surface area contributed by atoms with Crippen molar-refractivity contribution in [2.45, 2.75) is 13.3 Å². The van der Waals surface area contributed by atoms with Gasteiger partial charge in [0.1, 0.15) is 0 Å². The highest BCUT2D eigenvalue weighted by atomic mass is 14.7. The van der Waals surface area contributed by atoms with Crippen LogP contribution in [0.25, 0.3) is 5.57 Å². The van der Waals surface area contributed by atoms with Crippen LogP contribution in [0.5, 0.6) is 0 Å². The Balaban J connectivity index is 2.70. The minimum absolute atomic E-state index is 0.862. The molecule has 0 atom stereocenters. The van der Waals surface area contributed by atoms with Crippen molar-refractivity contribution in [1.82, 2.24) is 0 Å². The SMILES string of the molecule is C=C(CC(C)=NC)c1ccccc1. The summed E-state index contributed by atoms with van der Waals surface area (Å²) in [5.41, 5.74) is 3.45. The molecule has 0 spiro atoms. The second-order valence-corrected chi connectivity index (χ2v) is 3.11. The van der Waals surface area contributed by atoms with Crippen molar-refractivity contribution in [2.75, 3.05) is 7.05 Å². The van der Waals surface area contributed by atoms with Gasteiger partial charge in [0.25, 0.3) is 0 Å². The topological polar surface area (TPSA) is 12.4 Å². The number of rotatable bonds is 3. The Bertz CT molecular complexity index is 309. The van der Waals surface area contributed by atoms with Crippen LogP contribution in [-0.2, 0) is 0 Å². The van der Waals surface area contributed by atoms with E-state index in [1.54, 1.807) is 0 Å². The van der Waals surface area contributed by atoms with Gasteiger partial charge in [-0.1, -0.05) is 36.9 Å². The number of allylic oxidation sites excluding steroid dienone is 1. The molecule has 1 heteroatoms. The summed E-state index contributed by atoms with van der Waals surface area (Å²) in [6, 6.07) is 10.2. The van der Waals surface area contributed by atoms with Gasteiger partial charge in [0, 0.05) is 19.2 Å². The largest absolute Gasteiger partial charge is 0.297 e. The quantitative estimate of drug-likeness (QED) is 0.622. The highest BCUT2D eigenvalue weighted by Crippen LogP contribution is 2.15. The lowest BCUT2D eigenvalue weighted by molar-refractivity contribution is 1.34. The van der Waals surface area contributed by atoms with E-state index >= 15 is 0 Å². The summed E-state index contributed by atoms with van der Waals surface area (Å²) in [4.78, 5) is 4.11. The van der Waals surface area contributed by atoms with Gasteiger partial charge < -0.3 is 0 Å². The molecule has 0 radical (unpaired) electrons. The van der Waals surface area contributed by atoms with Crippen LogP contribution < -0.4 is 0 Å². The molecule has 0 aliphatic rings. The first-order chi connectivity index (χ1) is 6.24. The summed E-state index contributed by atoms with van der Waals surface area (Å²) in [5, 5.41) is 0. The van der Waals surface area contributed by atoms with Crippen LogP contribution in [-0.4, -0.2) is 12.8 Å². The first-order valence-electron chi connectivity index (χ1n) is 4.39. The zero-order valence-electron chi connectivity index (χ0n) is 8.25. The molecule has 0 aliphatic heterocycles. The average Bonchev–Trinajstić information content (AvgIpc) is 2.19. The predicted octanol–water partition coefficient (Wildman–Crippen LogP) is 3.18. The molecule has 0 aliphatic carbocycles. The fourth-order valence-corrected chi connectivity index (χ4v) is 1.16. The molecule has 0 fully saturated rings. The van der Waals surface area contributed by atoms with Gasteiger partial charge in [-0.15, -0.1) is 0 Å². The van der Waals surface area contributed by atoms with Gasteiger partial charge in [0.2, 0.25) is 0 Å². The van der Waals surface area contributed by atoms with E-state index in [4.69, 9.17) is 0 Å². The van der Waals surface area contributed by atoms with E-state index in [0.717, 1.165) is 17.7 Å². The van der Waals surface area contributed by atoms with Gasteiger partial charge in [-0.2, -0.15) is 0 Å². The van der Waals surface area contributed by atoms with E-state index in [1.807, 2.05) is 32.2 Å². The molecule has 0 N–H and O–H groups in total. The normalized spacial score (nSPS) is 11.4. The molecule has 1 nitrogen and oxygen atoms in total. The third-order valence-electron chi connectivity index (χ3n) is 2.03. The maximum atomic E-state index is 4.11. The van der Waals surface area contributed by atoms with E-state index in [1.165, 1.54) is 5.56 Å². The summed E-state index contributed by atoms with van der Waals surface area (Å²) >= 11 is 0. The Labute approximate surface area is 79.8 Å². The van der Waals surface area contributed by atoms with Gasteiger partial charge in [-0.3, -0.25) is 4.99 Å². The molecule has 1 aromatic carbocycles. The summed E-state index contributed by atoms with van der Waals surface area (Å²) < 4.78 is 0. The summed E-state index contributed by atoms with van der Waals surface area (Å²) in [6.45, 7) is 6.05. The highest BCUT2D eigenvalue weighted by Gasteiger charge is 1.98. The Morgan fingerprint density at radius 3 is 2.46 bits per heavy atom. The van der Waals surface area contributed by atoms with Crippen LogP contribution >= 0.6 is 0 Å². The number of nitrogens with zero attached hydrogens (tertiary/aromatic N) is 1. The van der Waals surface area contributed by atoms with E-state index in [2.05, 4.69) is 23.7 Å². The molecule has 1 rings (SSSR count). The Morgan fingerprint density at radius 2 is 1.92 bits per heavy atom. The molecular formula is C12H15N. The van der Waals surface area contributed by atoms with Crippen molar-refractivity contribution in [3.05, 3.63) is 42.5 Å². The number of hydrogen-bond donors (Lipinski definition) is 0. The predicted molar refractivity (Wildman–Crippen MR) is 59.1 cm³/mol. The molecular weight excluding hydrogens is 158 g/mol. The second kappa shape index (κ2) is 4.61. The zero-order chi connectivity index (χ0) is 9.68. The van der Waals surface area contributed by atoms with Crippen molar-refractivity contribution in [3.8, 4) is 0 Å². The Hall–Kier alpha value is -1.37. The van der Waals surface area contributed by atoms with Crippen molar-refractivity contribution in [3.63, 3.8) is 0 Å². The minimum atomic E-state index is 0.862. The monoisotopic (exact) mass is 173 g/mol. The second-order valence-electron chi connectivity index (χ2n) is 3.11. The number of benzene rings is 1. The van der Waals surface area contributed by atoms with Gasteiger partial charge in [-0.05, 0) is 18.1 Å². The van der Waals surface area contributed by atoms with Crippen molar-refractivity contribution in [1.29, 1.82) is 0 Å². The average molecular weight is 173 g/mol. The third kappa shape index (κ3) is 2.86. The van der Waals surface area contributed by atoms with Crippen molar-refractivity contribution < 1.29 is 0 Å². The van der Waals surface area contributed by atoms with E-state index in [0.29, 0.717) is 0 Å². The lowest BCUT2D eigenvalue weighted by Gasteiger charge is -2.04. The van der Waals surface area contributed by atoms with E-state index < -0.39 is 0 Å². The zero-order valence-corrected chi connectivity index (χ0v) is 8.25. The van der Waals surface area contributed by atoms with Crippen LogP contribution in [0.3, 0.4) is 0 Å². The minimum Gasteiger partial charge on any atom is -0.297 e. The fraction of sp³-hybridized carbons (Fsp3) is 0.250. The van der Waals surface area contributed by atoms with E-state index in [9.17, 15) is 0 Å². The van der Waals surface area contributed by atoms with Gasteiger partial charge in [0.15, 0.2) is 0 Å². The van der Waals surface area contributed by atoms with Gasteiger partial charge in [0.05, 0.1) is 0 Å². The van der Waals surface area contributed by atoms with Gasteiger partial charge >= 0.3 is 0 Å². The Morgan fingerprint density at radius 1 is 1.31 bits per heavy atom. The van der Waals surface area contributed by atoms with Crippen LogP contribution in [0, 0.1) is 0 Å². The molecule has 0 bridgehead atoms. The number of hydrogen-bond acceptors (Lipinski definition) is 1. The summed E-state index contributed by atoms with van der Waals surface area (Å²) in [5.74, 6) is 0. The summed E-state index contributed by atoms with van der Waals surface area (Å²) in [6.07, 6.45) is 0.862. The molecule has 1 aromatic rings. The molecule has 0 amide bonds. The Kier molecular flexibility index (Phi) is 3.44. The maximum absolute atomic E-state index is 4.11. The summed E-state index contributed by atoms with van der Waals surface area (Å²) in [7, 11) is 1.81. The number of aliphatic imine (C=N–C) groups is 1. The maximum Gasteiger partial charge on any atom is 0.0276 e. The third-order valence-corrected chi connectivity index (χ3v) is 2.03. The van der Waals surface area contributed by atoms with Crippen LogP contribution in [0.2, 0.25) is 0 Å². The molecule has 0 aromatic heterocycles. The first-order valence-corrected chi connectivity index (χ1v) is 4.39. The molecule has 0 saturated carbocycles. The van der Waals surface area contributed by atoms with Crippen LogP contribution in [0.1, 0.15) is 18.9 Å². The van der Waals surface area contributed by atoms with Crippen molar-refractivity contribution in [2.24, 2.45) is 4.99 Å². The molecule has 68 valence electrons. The van der Waals surface area contributed by atoms with E-state index in [-0.39, 0.29) is 0 Å². The fourth-order valence-electron chi connectivity index (χ4n) is 1.16. The lowest BCUT2D eigenvalue weighted by atomic mass is 10.0. The van der Waals surface area contributed by atoms with Crippen molar-refractivity contribution >= 4 is 11.3 Å².